The Bertz CT molecular complexity index is 2770. The summed E-state index contributed by atoms with van der Waals surface area (Å²) in [5.41, 5.74) is 9.34. The van der Waals surface area contributed by atoms with Crippen molar-refractivity contribution < 1.29 is 0 Å². The molecule has 1 aromatic heterocycles. The fraction of sp³-hybridized carbons (Fsp3) is 0.295. The summed E-state index contributed by atoms with van der Waals surface area (Å²) in [7, 11) is 0. The summed E-state index contributed by atoms with van der Waals surface area (Å²) in [4.78, 5) is 33.7. The number of amidine groups is 3. The molecule has 0 radical (unpaired) electrons. The van der Waals surface area contributed by atoms with Crippen molar-refractivity contribution in [2.75, 3.05) is 14.7 Å². The van der Waals surface area contributed by atoms with Gasteiger partial charge in [0.2, 0.25) is 0 Å². The maximum atomic E-state index is 5.33. The predicted octanol–water partition coefficient (Wildman–Crippen LogP) is 13.9. The monoisotopic (exact) mass is 909 g/mol. The zero-order chi connectivity index (χ0) is 48.7. The van der Waals surface area contributed by atoms with Crippen LogP contribution < -0.4 is 14.7 Å². The van der Waals surface area contributed by atoms with Gasteiger partial charge in [0.15, 0.2) is 5.82 Å². The first kappa shape index (κ1) is 45.6. The molecular weight excluding hydrogens is 845 g/mol. The van der Waals surface area contributed by atoms with Gasteiger partial charge in [0, 0.05) is 50.4 Å². The molecule has 0 atom stereocenters. The number of anilines is 3. The first-order valence-electron chi connectivity index (χ1n) is 24.3. The average molecular weight is 909 g/mol. The van der Waals surface area contributed by atoms with E-state index in [1.165, 1.54) is 0 Å². The van der Waals surface area contributed by atoms with Crippen LogP contribution in [0.3, 0.4) is 0 Å². The lowest BCUT2D eigenvalue weighted by atomic mass is 9.83. The topological polar surface area (TPSA) is 72.6 Å². The molecule has 8 nitrogen and oxygen atoms in total. The molecule has 3 aliphatic heterocycles. The van der Waals surface area contributed by atoms with Crippen molar-refractivity contribution in [1.82, 2.24) is 9.97 Å². The number of rotatable bonds is 9. The lowest BCUT2D eigenvalue weighted by molar-refractivity contribution is 0.338. The fourth-order valence-electron chi connectivity index (χ4n) is 9.84. The molecule has 8 heteroatoms. The van der Waals surface area contributed by atoms with Gasteiger partial charge >= 0.3 is 0 Å². The molecule has 10 rings (SSSR count). The van der Waals surface area contributed by atoms with E-state index in [9.17, 15) is 0 Å². The van der Waals surface area contributed by atoms with Crippen molar-refractivity contribution >= 4 is 34.6 Å². The zero-order valence-corrected chi connectivity index (χ0v) is 42.2. The molecule has 3 aliphatic rings. The van der Waals surface area contributed by atoms with E-state index in [0.29, 0.717) is 5.82 Å². The summed E-state index contributed by atoms with van der Waals surface area (Å²) >= 11 is 0. The molecule has 0 saturated heterocycles. The summed E-state index contributed by atoms with van der Waals surface area (Å²) in [6.45, 7) is 27.0. The molecule has 348 valence electrons. The molecule has 0 unspecified atom stereocenters. The van der Waals surface area contributed by atoms with Gasteiger partial charge in [-0.25, -0.2) is 9.97 Å². The Labute approximate surface area is 409 Å². The van der Waals surface area contributed by atoms with Crippen molar-refractivity contribution in [3.05, 3.63) is 187 Å². The van der Waals surface area contributed by atoms with Gasteiger partial charge in [-0.3, -0.25) is 15.0 Å². The lowest BCUT2D eigenvalue weighted by Gasteiger charge is -2.41. The SMILES string of the molecule is CC1(C)N=C(c2ccccc2)N(c2ccc(-c3cc(-c4ccc(N5C(c6ccccc6)=NC(C)(C)C5(C)C)cc4)nc(-c4ccc(N5C(c6ccccc6)=NC(C)(C)C5(C)C)cc4)n3)cc2)C1(C)C. The largest absolute Gasteiger partial charge is 0.318 e. The number of hydrogen-bond donors (Lipinski definition) is 0. The van der Waals surface area contributed by atoms with Crippen LogP contribution in [-0.4, -0.2) is 60.7 Å². The molecule has 0 aliphatic carbocycles. The number of aliphatic imine (C=N–C) groups is 3. The highest BCUT2D eigenvalue weighted by atomic mass is 15.4. The molecule has 6 aromatic carbocycles. The first-order valence-corrected chi connectivity index (χ1v) is 24.3. The summed E-state index contributed by atoms with van der Waals surface area (Å²) in [6.07, 6.45) is 0. The Morgan fingerprint density at radius 3 is 0.826 bits per heavy atom. The molecular formula is C61H64N8. The minimum atomic E-state index is -0.318. The summed E-state index contributed by atoms with van der Waals surface area (Å²) in [5, 5.41) is 0. The Hall–Kier alpha value is -7.19. The molecule has 0 spiro atoms. The van der Waals surface area contributed by atoms with E-state index in [4.69, 9.17) is 24.9 Å². The fourth-order valence-corrected chi connectivity index (χ4v) is 9.84. The number of nitrogens with zero attached hydrogens (tertiary/aromatic N) is 8. The van der Waals surface area contributed by atoms with Crippen LogP contribution in [0.4, 0.5) is 17.1 Å². The highest BCUT2D eigenvalue weighted by molar-refractivity contribution is 6.14. The molecule has 69 heavy (non-hydrogen) atoms. The van der Waals surface area contributed by atoms with Gasteiger partial charge in [0.1, 0.15) is 17.5 Å². The van der Waals surface area contributed by atoms with Gasteiger partial charge in [0.05, 0.1) is 44.6 Å². The predicted molar refractivity (Wildman–Crippen MR) is 289 cm³/mol. The zero-order valence-electron chi connectivity index (χ0n) is 42.2. The quantitative estimate of drug-likeness (QED) is 0.144. The van der Waals surface area contributed by atoms with E-state index in [1.54, 1.807) is 0 Å². The molecule has 0 N–H and O–H groups in total. The van der Waals surface area contributed by atoms with Crippen LogP contribution in [0.2, 0.25) is 0 Å². The number of benzene rings is 6. The van der Waals surface area contributed by atoms with Gasteiger partial charge in [-0.05, 0) is 138 Å². The minimum absolute atomic E-state index is 0.283. The number of hydrogen-bond acceptors (Lipinski definition) is 8. The van der Waals surface area contributed by atoms with Crippen LogP contribution in [0.1, 0.15) is 99.8 Å². The normalized spacial score (nSPS) is 19.3. The van der Waals surface area contributed by atoms with Gasteiger partial charge < -0.3 is 14.7 Å². The average Bonchev–Trinajstić information content (AvgIpc) is 3.76. The van der Waals surface area contributed by atoms with Crippen LogP contribution in [-0.2, 0) is 0 Å². The molecule has 7 aromatic rings. The van der Waals surface area contributed by atoms with E-state index in [1.807, 2.05) is 0 Å². The van der Waals surface area contributed by atoms with Crippen molar-refractivity contribution in [2.24, 2.45) is 15.0 Å². The lowest BCUT2D eigenvalue weighted by Crippen LogP contribution is -2.53. The Morgan fingerprint density at radius 1 is 0.290 bits per heavy atom. The summed E-state index contributed by atoms with van der Waals surface area (Å²) in [5.74, 6) is 3.57. The van der Waals surface area contributed by atoms with Gasteiger partial charge in [-0.15, -0.1) is 0 Å². The van der Waals surface area contributed by atoms with Crippen molar-refractivity contribution in [3.8, 4) is 33.9 Å². The van der Waals surface area contributed by atoms with Crippen LogP contribution >= 0.6 is 0 Å². The Balaban J connectivity index is 1.05. The second kappa shape index (κ2) is 16.2. The number of aromatic nitrogens is 2. The molecule has 0 fully saturated rings. The third kappa shape index (κ3) is 7.56. The molecule has 0 saturated carbocycles. The van der Waals surface area contributed by atoms with Gasteiger partial charge in [-0.1, -0.05) is 115 Å². The van der Waals surface area contributed by atoms with Crippen LogP contribution in [0.15, 0.2) is 185 Å². The molecule has 4 heterocycles. The smallest absolute Gasteiger partial charge is 0.160 e. The van der Waals surface area contributed by atoms with Crippen molar-refractivity contribution in [1.29, 1.82) is 0 Å². The second-order valence-electron chi connectivity index (χ2n) is 21.9. The van der Waals surface area contributed by atoms with E-state index in [0.717, 1.165) is 79.3 Å². The third-order valence-corrected chi connectivity index (χ3v) is 16.0. The third-order valence-electron chi connectivity index (χ3n) is 16.0. The Kier molecular flexibility index (Phi) is 10.7. The maximum absolute atomic E-state index is 5.33. The Morgan fingerprint density at radius 2 is 0.551 bits per heavy atom. The highest BCUT2D eigenvalue weighted by Gasteiger charge is 2.52. The van der Waals surface area contributed by atoms with Crippen LogP contribution in [0.25, 0.3) is 33.9 Å². The standard InChI is InChI=1S/C61H64N8/c1-56(2)59(7,8)67(53(64-56)44-22-16-13-17-23-44)47-34-28-41(29-35-47)50-40-51(42-30-36-48(37-31-42)68-54(45-24-18-14-19-25-45)65-57(3,4)60(68,9)10)63-52(62-50)43-32-38-49(39-33-43)69-55(46-26-20-15-21-27-46)66-58(5,6)61(69,11)12/h13-40H,1-12H3. The van der Waals surface area contributed by atoms with Gasteiger partial charge in [0.25, 0.3) is 0 Å². The summed E-state index contributed by atoms with van der Waals surface area (Å²) < 4.78 is 0. The molecule has 0 bridgehead atoms. The van der Waals surface area contributed by atoms with E-state index >= 15 is 0 Å². The molecule has 0 amide bonds. The maximum Gasteiger partial charge on any atom is 0.160 e. The van der Waals surface area contributed by atoms with E-state index in [2.05, 4.69) is 268 Å². The van der Waals surface area contributed by atoms with Gasteiger partial charge in [-0.2, -0.15) is 0 Å². The van der Waals surface area contributed by atoms with E-state index < -0.39 is 0 Å². The second-order valence-corrected chi connectivity index (χ2v) is 21.9. The van der Waals surface area contributed by atoms with Crippen molar-refractivity contribution in [3.63, 3.8) is 0 Å². The van der Waals surface area contributed by atoms with Crippen LogP contribution in [0.5, 0.6) is 0 Å². The van der Waals surface area contributed by atoms with Crippen molar-refractivity contribution in [2.45, 2.75) is 116 Å². The first-order chi connectivity index (χ1) is 32.7. The minimum Gasteiger partial charge on any atom is -0.318 e. The highest BCUT2D eigenvalue weighted by Crippen LogP contribution is 2.46. The van der Waals surface area contributed by atoms with E-state index in [-0.39, 0.29) is 33.2 Å². The summed E-state index contributed by atoms with van der Waals surface area (Å²) in [6, 6.07) is 59.9. The van der Waals surface area contributed by atoms with Crippen LogP contribution in [0, 0.1) is 0 Å².